The zero-order valence-electron chi connectivity index (χ0n) is 13.6. The Morgan fingerprint density at radius 3 is 1.17 bits per heavy atom. The van der Waals surface area contributed by atoms with Gasteiger partial charge in [-0.25, -0.2) is 0 Å². The summed E-state index contributed by atoms with van der Waals surface area (Å²) in [5, 5.41) is 0. The van der Waals surface area contributed by atoms with Crippen LogP contribution >= 0.6 is 0 Å². The van der Waals surface area contributed by atoms with Crippen LogP contribution in [0.15, 0.2) is 59.8 Å². The Bertz CT molecular complexity index is 255. The fourth-order valence-electron chi connectivity index (χ4n) is 0.930. The first-order valence-corrected chi connectivity index (χ1v) is 6.98. The summed E-state index contributed by atoms with van der Waals surface area (Å²) >= 11 is 0. The van der Waals surface area contributed by atoms with Crippen LogP contribution in [0.4, 0.5) is 0 Å². The van der Waals surface area contributed by atoms with Gasteiger partial charge in [-0.15, -0.1) is 0 Å². The van der Waals surface area contributed by atoms with Gasteiger partial charge in [0, 0.05) is 0 Å². The van der Waals surface area contributed by atoms with E-state index >= 15 is 0 Å². The molecule has 0 spiro atoms. The highest BCUT2D eigenvalue weighted by molar-refractivity contribution is 5.36. The van der Waals surface area contributed by atoms with Crippen molar-refractivity contribution in [3.8, 4) is 0 Å². The van der Waals surface area contributed by atoms with E-state index in [4.69, 9.17) is 0 Å². The number of hydrogen-bond acceptors (Lipinski definition) is 0. The smallest absolute Gasteiger partial charge is 0.0270 e. The standard InChI is InChI=1S/C14H20.2C2H6/c1-5-7-9-11-14(13(3)4)12-10-8-6-2;2*1-2/h5-12H,1-4H3;2*1-2H3/b7-5-,8-6-,11-9-,12-10-;;. The average Bonchev–Trinajstić information content (AvgIpc) is 2.41. The Morgan fingerprint density at radius 1 is 0.611 bits per heavy atom. The molecule has 0 rings (SSSR count). The molecule has 0 heterocycles. The molecule has 0 amide bonds. The highest BCUT2D eigenvalue weighted by Crippen LogP contribution is 2.07. The van der Waals surface area contributed by atoms with Crippen LogP contribution in [0.3, 0.4) is 0 Å². The highest BCUT2D eigenvalue weighted by Gasteiger charge is 1.86. The zero-order chi connectivity index (χ0) is 14.8. The third-order valence-electron chi connectivity index (χ3n) is 1.74. The second-order valence-electron chi connectivity index (χ2n) is 3.23. The van der Waals surface area contributed by atoms with Gasteiger partial charge in [0.15, 0.2) is 0 Å². The Balaban J connectivity index is -0.000000506. The molecule has 0 fully saturated rings. The summed E-state index contributed by atoms with van der Waals surface area (Å²) < 4.78 is 0. The Hall–Kier alpha value is -1.30. The van der Waals surface area contributed by atoms with E-state index in [0.29, 0.717) is 0 Å². The fraction of sp³-hybridized carbons (Fsp3) is 0.444. The molecule has 0 aliphatic rings. The molecule has 0 saturated heterocycles. The van der Waals surface area contributed by atoms with Gasteiger partial charge in [0.05, 0.1) is 0 Å². The molecule has 0 N–H and O–H groups in total. The van der Waals surface area contributed by atoms with Crippen LogP contribution in [0.2, 0.25) is 0 Å². The molecule has 0 aliphatic heterocycles. The molecule has 0 radical (unpaired) electrons. The molecule has 0 unspecified atom stereocenters. The third kappa shape index (κ3) is 17.1. The summed E-state index contributed by atoms with van der Waals surface area (Å²) in [6, 6.07) is 0. The number of allylic oxidation sites excluding steroid dienone is 10. The van der Waals surface area contributed by atoms with Crippen molar-refractivity contribution in [2.75, 3.05) is 0 Å². The summed E-state index contributed by atoms with van der Waals surface area (Å²) in [7, 11) is 0. The van der Waals surface area contributed by atoms with Crippen molar-refractivity contribution < 1.29 is 0 Å². The third-order valence-corrected chi connectivity index (χ3v) is 1.74. The largest absolute Gasteiger partial charge is 0.0877 e. The molecular formula is C18H32. The maximum absolute atomic E-state index is 2.12. The maximum atomic E-state index is 2.12. The van der Waals surface area contributed by atoms with Crippen LogP contribution in [-0.4, -0.2) is 0 Å². The van der Waals surface area contributed by atoms with E-state index in [0.717, 1.165) is 0 Å². The Kier molecular flexibility index (Phi) is 25.6. The summed E-state index contributed by atoms with van der Waals surface area (Å²) in [4.78, 5) is 0. The minimum Gasteiger partial charge on any atom is -0.0877 e. The minimum atomic E-state index is 1.27. The average molecular weight is 248 g/mol. The van der Waals surface area contributed by atoms with E-state index in [1.165, 1.54) is 11.1 Å². The molecule has 0 bridgehead atoms. The summed E-state index contributed by atoms with van der Waals surface area (Å²) in [5.41, 5.74) is 2.59. The predicted molar refractivity (Wildman–Crippen MR) is 89.0 cm³/mol. The Morgan fingerprint density at radius 2 is 0.944 bits per heavy atom. The zero-order valence-corrected chi connectivity index (χ0v) is 13.6. The molecule has 0 aromatic heterocycles. The lowest BCUT2D eigenvalue weighted by molar-refractivity contribution is 1.34. The second kappa shape index (κ2) is 21.0. The summed E-state index contributed by atoms with van der Waals surface area (Å²) in [6.07, 6.45) is 16.5. The SMILES string of the molecule is C/C=C\C=C/C(/C=C\C=C/C)=C(C)C.CC.CC. The van der Waals surface area contributed by atoms with Crippen molar-refractivity contribution in [3.63, 3.8) is 0 Å². The Labute approximate surface area is 116 Å². The van der Waals surface area contributed by atoms with Crippen molar-refractivity contribution in [3.05, 3.63) is 59.8 Å². The topological polar surface area (TPSA) is 0 Å². The van der Waals surface area contributed by atoms with Crippen molar-refractivity contribution in [1.29, 1.82) is 0 Å². The van der Waals surface area contributed by atoms with E-state index in [1.807, 2.05) is 65.8 Å². The van der Waals surface area contributed by atoms with E-state index in [2.05, 4.69) is 38.2 Å². The first-order chi connectivity index (χ1) is 8.72. The molecule has 0 heteroatoms. The van der Waals surface area contributed by atoms with E-state index < -0.39 is 0 Å². The van der Waals surface area contributed by atoms with Gasteiger partial charge in [-0.05, 0) is 33.3 Å². The van der Waals surface area contributed by atoms with E-state index in [-0.39, 0.29) is 0 Å². The van der Waals surface area contributed by atoms with Gasteiger partial charge in [-0.1, -0.05) is 81.9 Å². The predicted octanol–water partition coefficient (Wildman–Crippen LogP) is 6.64. The van der Waals surface area contributed by atoms with Crippen LogP contribution in [0.5, 0.6) is 0 Å². The molecule has 0 aromatic rings. The molecular weight excluding hydrogens is 216 g/mol. The normalized spacial score (nSPS) is 10.4. The molecule has 104 valence electrons. The first-order valence-electron chi connectivity index (χ1n) is 6.98. The highest BCUT2D eigenvalue weighted by atomic mass is 13.9. The fourth-order valence-corrected chi connectivity index (χ4v) is 0.930. The van der Waals surface area contributed by atoms with Crippen LogP contribution in [-0.2, 0) is 0 Å². The maximum Gasteiger partial charge on any atom is -0.0270 e. The van der Waals surface area contributed by atoms with Gasteiger partial charge >= 0.3 is 0 Å². The lowest BCUT2D eigenvalue weighted by atomic mass is 10.1. The number of hydrogen-bond donors (Lipinski definition) is 0. The first kappa shape index (κ1) is 21.9. The van der Waals surface area contributed by atoms with Crippen LogP contribution in [0, 0.1) is 0 Å². The molecule has 0 aliphatic carbocycles. The monoisotopic (exact) mass is 248 g/mol. The van der Waals surface area contributed by atoms with Crippen molar-refractivity contribution in [2.24, 2.45) is 0 Å². The van der Waals surface area contributed by atoms with Gasteiger partial charge in [-0.2, -0.15) is 0 Å². The molecule has 0 atom stereocenters. The summed E-state index contributed by atoms with van der Waals surface area (Å²) in [5.74, 6) is 0. The molecule has 0 nitrogen and oxygen atoms in total. The van der Waals surface area contributed by atoms with Crippen LogP contribution in [0.1, 0.15) is 55.4 Å². The lowest BCUT2D eigenvalue weighted by Gasteiger charge is -1.96. The van der Waals surface area contributed by atoms with Gasteiger partial charge in [0.1, 0.15) is 0 Å². The van der Waals surface area contributed by atoms with Crippen LogP contribution < -0.4 is 0 Å². The molecule has 18 heavy (non-hydrogen) atoms. The van der Waals surface area contributed by atoms with Gasteiger partial charge in [-0.3, -0.25) is 0 Å². The molecule has 0 aromatic carbocycles. The quantitative estimate of drug-likeness (QED) is 0.489. The van der Waals surface area contributed by atoms with Gasteiger partial charge in [0.2, 0.25) is 0 Å². The lowest BCUT2D eigenvalue weighted by Crippen LogP contribution is -1.75. The van der Waals surface area contributed by atoms with Crippen LogP contribution in [0.25, 0.3) is 0 Å². The van der Waals surface area contributed by atoms with Crippen molar-refractivity contribution in [2.45, 2.75) is 55.4 Å². The second-order valence-corrected chi connectivity index (χ2v) is 3.23. The number of rotatable bonds is 4. The molecule has 0 saturated carbocycles. The van der Waals surface area contributed by atoms with Crippen molar-refractivity contribution in [1.82, 2.24) is 0 Å². The van der Waals surface area contributed by atoms with Gasteiger partial charge < -0.3 is 0 Å². The minimum absolute atomic E-state index is 1.27. The van der Waals surface area contributed by atoms with Crippen molar-refractivity contribution >= 4 is 0 Å². The van der Waals surface area contributed by atoms with E-state index in [1.54, 1.807) is 0 Å². The van der Waals surface area contributed by atoms with E-state index in [9.17, 15) is 0 Å². The van der Waals surface area contributed by atoms with Gasteiger partial charge in [0.25, 0.3) is 0 Å². The summed E-state index contributed by atoms with van der Waals surface area (Å²) in [6.45, 7) is 16.3.